The van der Waals surface area contributed by atoms with E-state index in [-0.39, 0.29) is 6.04 Å². The molecule has 0 unspecified atom stereocenters. The van der Waals surface area contributed by atoms with E-state index in [0.717, 1.165) is 43.4 Å². The van der Waals surface area contributed by atoms with E-state index >= 15 is 0 Å². The Bertz CT molecular complexity index is 693. The number of carbonyl (C=O) groups excluding carboxylic acids is 1. The fourth-order valence-electron chi connectivity index (χ4n) is 3.16. The third-order valence-electron chi connectivity index (χ3n) is 4.30. The Kier molecular flexibility index (Phi) is 4.41. The minimum absolute atomic E-state index is 0.197. The average Bonchev–Trinajstić information content (AvgIpc) is 2.80. The molecule has 4 nitrogen and oxygen atoms in total. The standard InChI is InChI=1S/C17H19F2N3O/c1-21-11-12(10-20-21)15-8-3-2-4-9-22(15)17(23)16-13(18)6-5-7-14(16)19/h5-7,10-11,15H,2-4,8-9H2,1H3/t15-/m1/s1. The maximum absolute atomic E-state index is 14.0. The molecular weight excluding hydrogens is 300 g/mol. The zero-order valence-corrected chi connectivity index (χ0v) is 13.0. The van der Waals surface area contributed by atoms with Crippen LogP contribution in [0.25, 0.3) is 0 Å². The van der Waals surface area contributed by atoms with Crippen LogP contribution in [0.2, 0.25) is 0 Å². The first-order chi connectivity index (χ1) is 11.1. The number of amides is 1. The van der Waals surface area contributed by atoms with Crippen molar-refractivity contribution in [2.75, 3.05) is 6.54 Å². The number of hydrogen-bond acceptors (Lipinski definition) is 2. The van der Waals surface area contributed by atoms with Gasteiger partial charge in [0, 0.05) is 25.4 Å². The van der Waals surface area contributed by atoms with Crippen LogP contribution in [0.3, 0.4) is 0 Å². The summed E-state index contributed by atoms with van der Waals surface area (Å²) in [4.78, 5) is 14.4. The van der Waals surface area contributed by atoms with Crippen LogP contribution in [0.1, 0.15) is 47.6 Å². The summed E-state index contributed by atoms with van der Waals surface area (Å²) < 4.78 is 29.6. The van der Waals surface area contributed by atoms with Crippen molar-refractivity contribution in [1.82, 2.24) is 14.7 Å². The van der Waals surface area contributed by atoms with Crippen molar-refractivity contribution < 1.29 is 13.6 Å². The Morgan fingerprint density at radius 1 is 1.22 bits per heavy atom. The Balaban J connectivity index is 1.98. The molecule has 0 aliphatic carbocycles. The fraction of sp³-hybridized carbons (Fsp3) is 0.412. The molecule has 122 valence electrons. The second-order valence-electron chi connectivity index (χ2n) is 5.91. The summed E-state index contributed by atoms with van der Waals surface area (Å²) in [6.07, 6.45) is 7.15. The Labute approximate surface area is 133 Å². The van der Waals surface area contributed by atoms with Gasteiger partial charge in [-0.3, -0.25) is 9.48 Å². The SMILES string of the molecule is Cn1cc([C@H]2CCCCCN2C(=O)c2c(F)cccc2F)cn1. The quantitative estimate of drug-likeness (QED) is 0.850. The Hall–Kier alpha value is -2.24. The highest BCUT2D eigenvalue weighted by atomic mass is 19.1. The molecule has 1 saturated heterocycles. The van der Waals surface area contributed by atoms with Gasteiger partial charge in [-0.05, 0) is 25.0 Å². The van der Waals surface area contributed by atoms with Crippen LogP contribution in [-0.2, 0) is 7.05 Å². The van der Waals surface area contributed by atoms with Gasteiger partial charge in [0.05, 0.1) is 12.2 Å². The van der Waals surface area contributed by atoms with E-state index in [1.54, 1.807) is 15.8 Å². The summed E-state index contributed by atoms with van der Waals surface area (Å²) >= 11 is 0. The van der Waals surface area contributed by atoms with Crippen LogP contribution in [-0.4, -0.2) is 27.1 Å². The number of hydrogen-bond donors (Lipinski definition) is 0. The normalized spacial score (nSPS) is 18.7. The van der Waals surface area contributed by atoms with Gasteiger partial charge in [-0.25, -0.2) is 8.78 Å². The van der Waals surface area contributed by atoms with Crippen LogP contribution >= 0.6 is 0 Å². The lowest BCUT2D eigenvalue weighted by Crippen LogP contribution is -2.35. The highest BCUT2D eigenvalue weighted by molar-refractivity contribution is 5.95. The number of aromatic nitrogens is 2. The number of aryl methyl sites for hydroxylation is 1. The van der Waals surface area contributed by atoms with Crippen molar-refractivity contribution in [3.8, 4) is 0 Å². The van der Waals surface area contributed by atoms with Gasteiger partial charge in [0.1, 0.15) is 17.2 Å². The van der Waals surface area contributed by atoms with E-state index < -0.39 is 23.1 Å². The van der Waals surface area contributed by atoms with Crippen molar-refractivity contribution in [2.24, 2.45) is 7.05 Å². The first kappa shape index (κ1) is 15.6. The molecular formula is C17H19F2N3O. The van der Waals surface area contributed by atoms with Gasteiger partial charge in [0.15, 0.2) is 0 Å². The van der Waals surface area contributed by atoms with Crippen LogP contribution < -0.4 is 0 Å². The zero-order valence-electron chi connectivity index (χ0n) is 13.0. The van der Waals surface area contributed by atoms with E-state index in [0.29, 0.717) is 6.54 Å². The summed E-state index contributed by atoms with van der Waals surface area (Å²) in [6, 6.07) is 3.31. The number of rotatable bonds is 2. The topological polar surface area (TPSA) is 38.1 Å². The van der Waals surface area contributed by atoms with Gasteiger partial charge in [-0.2, -0.15) is 5.10 Å². The molecule has 0 radical (unpaired) electrons. The molecule has 1 fully saturated rings. The molecule has 3 rings (SSSR count). The van der Waals surface area contributed by atoms with Gasteiger partial charge in [-0.1, -0.05) is 18.9 Å². The van der Waals surface area contributed by atoms with Crippen LogP contribution in [0.4, 0.5) is 8.78 Å². The summed E-state index contributed by atoms with van der Waals surface area (Å²) in [7, 11) is 1.81. The molecule has 0 saturated carbocycles. The smallest absolute Gasteiger partial charge is 0.260 e. The highest BCUT2D eigenvalue weighted by Crippen LogP contribution is 2.31. The number of likely N-dealkylation sites (tertiary alicyclic amines) is 1. The summed E-state index contributed by atoms with van der Waals surface area (Å²) in [5.41, 5.74) is 0.433. The number of halogens is 2. The Morgan fingerprint density at radius 2 is 1.96 bits per heavy atom. The molecule has 1 aromatic heterocycles. The van der Waals surface area contributed by atoms with E-state index in [1.807, 2.05) is 13.2 Å². The lowest BCUT2D eigenvalue weighted by atomic mass is 10.0. The third kappa shape index (κ3) is 3.11. The van der Waals surface area contributed by atoms with E-state index in [4.69, 9.17) is 0 Å². The fourth-order valence-corrected chi connectivity index (χ4v) is 3.16. The van der Waals surface area contributed by atoms with Gasteiger partial charge in [0.25, 0.3) is 5.91 Å². The van der Waals surface area contributed by atoms with Gasteiger partial charge in [0.2, 0.25) is 0 Å². The minimum Gasteiger partial charge on any atom is -0.331 e. The first-order valence-corrected chi connectivity index (χ1v) is 7.81. The van der Waals surface area contributed by atoms with Crippen LogP contribution in [0, 0.1) is 11.6 Å². The molecule has 1 aromatic carbocycles. The Morgan fingerprint density at radius 3 is 2.61 bits per heavy atom. The maximum Gasteiger partial charge on any atom is 0.260 e. The monoisotopic (exact) mass is 319 g/mol. The molecule has 6 heteroatoms. The van der Waals surface area contributed by atoms with Crippen molar-refractivity contribution >= 4 is 5.91 Å². The first-order valence-electron chi connectivity index (χ1n) is 7.81. The molecule has 2 aromatic rings. The minimum atomic E-state index is -0.816. The van der Waals surface area contributed by atoms with E-state index in [1.165, 1.54) is 6.07 Å². The van der Waals surface area contributed by atoms with Crippen molar-refractivity contribution in [3.63, 3.8) is 0 Å². The maximum atomic E-state index is 14.0. The molecule has 1 aliphatic rings. The van der Waals surface area contributed by atoms with E-state index in [9.17, 15) is 13.6 Å². The number of carbonyl (C=O) groups is 1. The van der Waals surface area contributed by atoms with Gasteiger partial charge >= 0.3 is 0 Å². The predicted octanol–water partition coefficient (Wildman–Crippen LogP) is 3.46. The highest BCUT2D eigenvalue weighted by Gasteiger charge is 2.31. The lowest BCUT2D eigenvalue weighted by molar-refractivity contribution is 0.0671. The number of benzene rings is 1. The molecule has 1 atom stereocenters. The number of nitrogens with zero attached hydrogens (tertiary/aromatic N) is 3. The predicted molar refractivity (Wildman–Crippen MR) is 81.8 cm³/mol. The third-order valence-corrected chi connectivity index (χ3v) is 4.30. The summed E-state index contributed by atoms with van der Waals surface area (Å²) in [5, 5.41) is 4.15. The van der Waals surface area contributed by atoms with Crippen molar-refractivity contribution in [3.05, 3.63) is 53.4 Å². The van der Waals surface area contributed by atoms with E-state index in [2.05, 4.69) is 5.10 Å². The zero-order chi connectivity index (χ0) is 16.4. The lowest BCUT2D eigenvalue weighted by Gasteiger charge is -2.29. The van der Waals surface area contributed by atoms with Crippen LogP contribution in [0.15, 0.2) is 30.6 Å². The molecule has 0 bridgehead atoms. The molecule has 0 spiro atoms. The molecule has 1 aliphatic heterocycles. The van der Waals surface area contributed by atoms with Crippen LogP contribution in [0.5, 0.6) is 0 Å². The van der Waals surface area contributed by atoms with Crippen molar-refractivity contribution in [1.29, 1.82) is 0 Å². The van der Waals surface area contributed by atoms with Crippen molar-refractivity contribution in [2.45, 2.75) is 31.7 Å². The average molecular weight is 319 g/mol. The molecule has 23 heavy (non-hydrogen) atoms. The molecule has 2 heterocycles. The largest absolute Gasteiger partial charge is 0.331 e. The summed E-state index contributed by atoms with van der Waals surface area (Å²) in [5.74, 6) is -2.22. The van der Waals surface area contributed by atoms with Gasteiger partial charge in [-0.15, -0.1) is 0 Å². The summed E-state index contributed by atoms with van der Waals surface area (Å²) in [6.45, 7) is 0.492. The van der Waals surface area contributed by atoms with Gasteiger partial charge < -0.3 is 4.90 Å². The second-order valence-corrected chi connectivity index (χ2v) is 5.91. The second kappa shape index (κ2) is 6.48. The molecule has 1 amide bonds. The molecule has 0 N–H and O–H groups in total.